The lowest BCUT2D eigenvalue weighted by molar-refractivity contribution is -0.304. The van der Waals surface area contributed by atoms with Crippen LogP contribution < -0.4 is 0 Å². The van der Waals surface area contributed by atoms with Crippen molar-refractivity contribution in [2.75, 3.05) is 0 Å². The lowest BCUT2D eigenvalue weighted by Gasteiger charge is -2.40. The molecule has 3 N–H and O–H groups in total. The fourth-order valence-electron chi connectivity index (χ4n) is 4.43. The second kappa shape index (κ2) is 18.2. The molecule has 7 atom stereocenters. The second-order valence-electron chi connectivity index (χ2n) is 10.1. The van der Waals surface area contributed by atoms with Crippen LogP contribution in [0.25, 0.3) is 0 Å². The molecule has 1 rings (SSSR count). The number of ketones is 1. The van der Waals surface area contributed by atoms with Crippen LogP contribution in [0.15, 0.2) is 0 Å². The van der Waals surface area contributed by atoms with Gasteiger partial charge in [-0.15, -0.1) is 0 Å². The van der Waals surface area contributed by atoms with E-state index in [1.165, 1.54) is 13.3 Å². The van der Waals surface area contributed by atoms with Crippen LogP contribution in [-0.4, -0.2) is 70.0 Å². The molecule has 1 aliphatic heterocycles. The van der Waals surface area contributed by atoms with Gasteiger partial charge in [0.05, 0.1) is 18.6 Å². The zero-order valence-electron chi connectivity index (χ0n) is 22.3. The number of rotatable bonds is 19. The number of Topliss-reactive ketones (excluding diaryl/α,β-unsaturated/α-hetero) is 1. The predicted molar refractivity (Wildman–Crippen MR) is 134 cm³/mol. The van der Waals surface area contributed by atoms with Gasteiger partial charge in [0.2, 0.25) is 0 Å². The molecule has 0 aliphatic carbocycles. The third-order valence-electron chi connectivity index (χ3n) is 6.60. The van der Waals surface area contributed by atoms with Gasteiger partial charge in [-0.3, -0.25) is 9.59 Å². The smallest absolute Gasteiger partial charge is 0.308 e. The summed E-state index contributed by atoms with van der Waals surface area (Å²) in [5.41, 5.74) is 0. The van der Waals surface area contributed by atoms with E-state index in [1.54, 1.807) is 6.92 Å². The average Bonchev–Trinajstić information content (AvgIpc) is 2.80. The van der Waals surface area contributed by atoms with Crippen molar-refractivity contribution in [2.45, 2.75) is 161 Å². The molecule has 0 aromatic heterocycles. The molecule has 0 bridgehead atoms. The van der Waals surface area contributed by atoms with Crippen LogP contribution in [0.3, 0.4) is 0 Å². The summed E-state index contributed by atoms with van der Waals surface area (Å²) in [5.74, 6) is -0.456. The number of aliphatic hydroxyl groups is 3. The molecule has 0 spiro atoms. The number of aliphatic hydroxyl groups excluding tert-OH is 3. The van der Waals surface area contributed by atoms with E-state index in [2.05, 4.69) is 13.8 Å². The topological polar surface area (TPSA) is 123 Å². The SMILES string of the molecule is CCCCCCCC(CC(C)=O)OC(=O)CC(CCCCCCC)OC1OC(C)C(O)C(O)C1O. The fraction of sp³-hybridized carbons (Fsp3) is 0.926. The van der Waals surface area contributed by atoms with Crippen LogP contribution in [0.4, 0.5) is 0 Å². The van der Waals surface area contributed by atoms with Crippen LogP contribution in [0.5, 0.6) is 0 Å². The molecule has 206 valence electrons. The second-order valence-corrected chi connectivity index (χ2v) is 10.1. The molecule has 0 amide bonds. The summed E-state index contributed by atoms with van der Waals surface area (Å²) in [6.45, 7) is 7.40. The van der Waals surface area contributed by atoms with Crippen molar-refractivity contribution >= 4 is 11.8 Å². The summed E-state index contributed by atoms with van der Waals surface area (Å²) in [7, 11) is 0. The molecular formula is C27H50O8. The Morgan fingerprint density at radius 3 is 1.86 bits per heavy atom. The molecule has 0 saturated carbocycles. The Labute approximate surface area is 211 Å². The minimum absolute atomic E-state index is 0.0136. The zero-order chi connectivity index (χ0) is 26.2. The van der Waals surface area contributed by atoms with Crippen molar-refractivity contribution in [3.63, 3.8) is 0 Å². The largest absolute Gasteiger partial charge is 0.462 e. The minimum atomic E-state index is -1.42. The van der Waals surface area contributed by atoms with Gasteiger partial charge in [0.25, 0.3) is 0 Å². The van der Waals surface area contributed by atoms with E-state index in [0.29, 0.717) is 12.8 Å². The van der Waals surface area contributed by atoms with Gasteiger partial charge in [-0.2, -0.15) is 0 Å². The summed E-state index contributed by atoms with van der Waals surface area (Å²) >= 11 is 0. The van der Waals surface area contributed by atoms with Gasteiger partial charge >= 0.3 is 5.97 Å². The molecule has 7 unspecified atom stereocenters. The summed E-state index contributed by atoms with van der Waals surface area (Å²) in [6.07, 6.45) is 5.11. The van der Waals surface area contributed by atoms with Gasteiger partial charge in [-0.1, -0.05) is 71.6 Å². The summed E-state index contributed by atoms with van der Waals surface area (Å²) in [4.78, 5) is 24.5. The molecule has 0 radical (unpaired) electrons. The van der Waals surface area contributed by atoms with E-state index in [1.807, 2.05) is 0 Å². The Bertz CT molecular complexity index is 584. The summed E-state index contributed by atoms with van der Waals surface area (Å²) in [5, 5.41) is 30.4. The number of hydrogen-bond acceptors (Lipinski definition) is 8. The predicted octanol–water partition coefficient (Wildman–Crippen LogP) is 4.20. The third kappa shape index (κ3) is 13.2. The van der Waals surface area contributed by atoms with Crippen molar-refractivity contribution in [3.8, 4) is 0 Å². The Morgan fingerprint density at radius 1 is 0.771 bits per heavy atom. The number of ether oxygens (including phenoxy) is 3. The third-order valence-corrected chi connectivity index (χ3v) is 6.60. The molecule has 0 aromatic rings. The molecule has 1 saturated heterocycles. The van der Waals surface area contributed by atoms with Crippen molar-refractivity contribution in [2.24, 2.45) is 0 Å². The Morgan fingerprint density at radius 2 is 1.31 bits per heavy atom. The monoisotopic (exact) mass is 502 g/mol. The van der Waals surface area contributed by atoms with E-state index in [9.17, 15) is 24.9 Å². The lowest BCUT2D eigenvalue weighted by atomic mass is 9.99. The van der Waals surface area contributed by atoms with E-state index in [0.717, 1.165) is 57.8 Å². The Hall–Kier alpha value is -1.06. The highest BCUT2D eigenvalue weighted by Gasteiger charge is 2.43. The van der Waals surface area contributed by atoms with E-state index >= 15 is 0 Å². The molecule has 35 heavy (non-hydrogen) atoms. The summed E-state index contributed by atoms with van der Waals surface area (Å²) in [6, 6.07) is 0. The highest BCUT2D eigenvalue weighted by molar-refractivity contribution is 5.77. The maximum absolute atomic E-state index is 12.8. The van der Waals surface area contributed by atoms with E-state index in [4.69, 9.17) is 14.2 Å². The van der Waals surface area contributed by atoms with Crippen molar-refractivity contribution in [3.05, 3.63) is 0 Å². The van der Waals surface area contributed by atoms with Crippen LogP contribution in [0.1, 0.15) is 118 Å². The molecule has 1 aliphatic rings. The van der Waals surface area contributed by atoms with Gasteiger partial charge in [-0.05, 0) is 33.1 Å². The Kier molecular flexibility index (Phi) is 16.6. The van der Waals surface area contributed by atoms with Gasteiger partial charge in [-0.25, -0.2) is 0 Å². The van der Waals surface area contributed by atoms with Crippen LogP contribution in [0, 0.1) is 0 Å². The van der Waals surface area contributed by atoms with Crippen molar-refractivity contribution in [1.29, 1.82) is 0 Å². The molecular weight excluding hydrogens is 452 g/mol. The Balaban J connectivity index is 2.72. The molecule has 8 heteroatoms. The quantitative estimate of drug-likeness (QED) is 0.177. The lowest BCUT2D eigenvalue weighted by Crippen LogP contribution is -2.58. The van der Waals surface area contributed by atoms with Crippen LogP contribution in [-0.2, 0) is 23.8 Å². The van der Waals surface area contributed by atoms with Gasteiger partial charge in [0.15, 0.2) is 6.29 Å². The van der Waals surface area contributed by atoms with Crippen LogP contribution in [0.2, 0.25) is 0 Å². The van der Waals surface area contributed by atoms with Gasteiger partial charge < -0.3 is 29.5 Å². The maximum Gasteiger partial charge on any atom is 0.308 e. The number of esters is 1. The first-order valence-electron chi connectivity index (χ1n) is 13.7. The number of unbranched alkanes of at least 4 members (excludes halogenated alkanes) is 8. The molecule has 1 fully saturated rings. The standard InChI is InChI=1S/C27H50O8/c1-5-7-9-11-13-15-21(17-19(3)28)34-23(29)18-22(16-14-12-10-8-6-2)35-27-26(32)25(31)24(30)20(4)33-27/h20-22,24-27,30-32H,5-18H2,1-4H3. The summed E-state index contributed by atoms with van der Waals surface area (Å²) < 4.78 is 17.2. The number of carbonyl (C=O) groups is 2. The fourth-order valence-corrected chi connectivity index (χ4v) is 4.43. The number of hydrogen-bond donors (Lipinski definition) is 3. The average molecular weight is 503 g/mol. The van der Waals surface area contributed by atoms with E-state index < -0.39 is 48.9 Å². The van der Waals surface area contributed by atoms with Crippen molar-refractivity contribution in [1.82, 2.24) is 0 Å². The first-order valence-corrected chi connectivity index (χ1v) is 13.7. The van der Waals surface area contributed by atoms with Crippen LogP contribution >= 0.6 is 0 Å². The van der Waals surface area contributed by atoms with Gasteiger partial charge in [0.1, 0.15) is 30.2 Å². The minimum Gasteiger partial charge on any atom is -0.462 e. The van der Waals surface area contributed by atoms with Crippen molar-refractivity contribution < 1.29 is 39.1 Å². The maximum atomic E-state index is 12.8. The molecule has 0 aromatic carbocycles. The first-order chi connectivity index (χ1) is 16.7. The molecule has 1 heterocycles. The normalized spacial score (nSPS) is 26.3. The molecule has 8 nitrogen and oxygen atoms in total. The first kappa shape index (κ1) is 32.0. The number of carbonyl (C=O) groups excluding carboxylic acids is 2. The highest BCUT2D eigenvalue weighted by Crippen LogP contribution is 2.25. The highest BCUT2D eigenvalue weighted by atomic mass is 16.7. The zero-order valence-corrected chi connectivity index (χ0v) is 22.3. The van der Waals surface area contributed by atoms with Gasteiger partial charge in [0, 0.05) is 6.42 Å². The van der Waals surface area contributed by atoms with E-state index in [-0.39, 0.29) is 18.6 Å².